The summed E-state index contributed by atoms with van der Waals surface area (Å²) in [6.45, 7) is 2.47. The number of ether oxygens (including phenoxy) is 1. The van der Waals surface area contributed by atoms with Crippen LogP contribution in [0.2, 0.25) is 5.02 Å². The molecule has 0 radical (unpaired) electrons. The fourth-order valence-corrected chi connectivity index (χ4v) is 6.74. The lowest BCUT2D eigenvalue weighted by Crippen LogP contribution is -2.33. The molecule has 3 atom stereocenters. The summed E-state index contributed by atoms with van der Waals surface area (Å²) < 4.78 is 33.4. The Morgan fingerprint density at radius 1 is 1.22 bits per heavy atom. The zero-order valence-electron chi connectivity index (χ0n) is 14.6. The minimum Gasteiger partial charge on any atom is -0.393 e. The largest absolute Gasteiger partial charge is 0.393 e. The molecule has 27 heavy (non-hydrogen) atoms. The van der Waals surface area contributed by atoms with E-state index in [1.54, 1.807) is 12.1 Å². The summed E-state index contributed by atoms with van der Waals surface area (Å²) >= 11 is 14.6. The highest BCUT2D eigenvalue weighted by molar-refractivity contribution is 9.10. The Labute approximate surface area is 178 Å². The number of rotatable bonds is 7. The quantitative estimate of drug-likeness (QED) is 0.587. The third-order valence-electron chi connectivity index (χ3n) is 4.97. The maximum absolute atomic E-state index is 13.4. The van der Waals surface area contributed by atoms with Crippen LogP contribution in [-0.4, -0.2) is 31.9 Å². The van der Waals surface area contributed by atoms with Crippen molar-refractivity contribution in [3.05, 3.63) is 63.6 Å². The molecule has 0 heterocycles. The van der Waals surface area contributed by atoms with Crippen molar-refractivity contribution in [2.75, 3.05) is 13.2 Å². The van der Waals surface area contributed by atoms with Gasteiger partial charge in [0.05, 0.1) is 27.2 Å². The lowest BCUT2D eigenvalue weighted by Gasteiger charge is -2.17. The normalized spacial score (nSPS) is 24.6. The maximum Gasteiger partial charge on any atom is 0.182 e. The average Bonchev–Trinajstić information content (AvgIpc) is 3.32. The minimum atomic E-state index is -3.69. The van der Waals surface area contributed by atoms with Crippen molar-refractivity contribution in [2.24, 2.45) is 11.1 Å². The van der Waals surface area contributed by atoms with Gasteiger partial charge in [-0.05, 0) is 48.9 Å². The monoisotopic (exact) mass is 487 g/mol. The van der Waals surface area contributed by atoms with E-state index < -0.39 is 20.5 Å². The van der Waals surface area contributed by atoms with Gasteiger partial charge >= 0.3 is 0 Å². The molecule has 0 amide bonds. The molecule has 144 valence electrons. The number of hydrogen-bond donors (Lipinski definition) is 1. The highest BCUT2D eigenvalue weighted by Crippen LogP contribution is 2.64. The zero-order chi connectivity index (χ0) is 19.8. The molecule has 4 nitrogen and oxygen atoms in total. The molecular weight excluding hydrogens is 470 g/mol. The lowest BCUT2D eigenvalue weighted by molar-refractivity contribution is 0.121. The average molecular weight is 489 g/mol. The van der Waals surface area contributed by atoms with Crippen molar-refractivity contribution in [3.63, 3.8) is 0 Å². The van der Waals surface area contributed by atoms with E-state index in [-0.39, 0.29) is 22.4 Å². The Morgan fingerprint density at radius 2 is 1.81 bits per heavy atom. The number of nitrogens with two attached hydrogens (primary N) is 1. The maximum atomic E-state index is 13.4. The molecule has 1 saturated carbocycles. The predicted octanol–water partition coefficient (Wildman–Crippen LogP) is 4.35. The second-order valence-corrected chi connectivity index (χ2v) is 10.4. The van der Waals surface area contributed by atoms with Crippen molar-refractivity contribution < 1.29 is 13.2 Å². The summed E-state index contributed by atoms with van der Waals surface area (Å²) in [6.07, 6.45) is 0. The van der Waals surface area contributed by atoms with Gasteiger partial charge < -0.3 is 10.5 Å². The van der Waals surface area contributed by atoms with E-state index in [2.05, 4.69) is 15.9 Å². The van der Waals surface area contributed by atoms with Crippen LogP contribution < -0.4 is 5.73 Å². The van der Waals surface area contributed by atoms with Gasteiger partial charge in [0.1, 0.15) is 0 Å². The Hall–Kier alpha value is -0.990. The topological polar surface area (TPSA) is 69.4 Å². The van der Waals surface area contributed by atoms with Crippen LogP contribution in [-0.2, 0) is 14.6 Å². The van der Waals surface area contributed by atoms with E-state index in [4.69, 9.17) is 34.3 Å². The van der Waals surface area contributed by atoms with Gasteiger partial charge in [0.15, 0.2) is 9.84 Å². The lowest BCUT2D eigenvalue weighted by atomic mass is 10.00. The van der Waals surface area contributed by atoms with Crippen LogP contribution in [0.1, 0.15) is 18.4 Å². The molecule has 2 aromatic carbocycles. The van der Waals surface area contributed by atoms with Gasteiger partial charge in [0.25, 0.3) is 0 Å². The second-order valence-electron chi connectivity index (χ2n) is 6.49. The summed E-state index contributed by atoms with van der Waals surface area (Å²) in [5.74, 6) is -0.365. The molecule has 0 aromatic heterocycles. The molecule has 1 aliphatic carbocycles. The smallest absolute Gasteiger partial charge is 0.182 e. The van der Waals surface area contributed by atoms with Gasteiger partial charge in [-0.25, -0.2) is 8.42 Å². The number of benzene rings is 2. The fourth-order valence-electron chi connectivity index (χ4n) is 3.58. The van der Waals surface area contributed by atoms with E-state index in [0.29, 0.717) is 11.6 Å². The van der Waals surface area contributed by atoms with Crippen molar-refractivity contribution in [1.82, 2.24) is 0 Å². The number of thiocarbonyl (C=S) groups is 1. The van der Waals surface area contributed by atoms with E-state index in [9.17, 15) is 8.42 Å². The van der Waals surface area contributed by atoms with Gasteiger partial charge in [0, 0.05) is 22.0 Å². The molecule has 0 unspecified atom stereocenters. The Morgan fingerprint density at radius 3 is 2.33 bits per heavy atom. The standard InChI is InChI=1S/C19H19BrClNO3S2/c1-2-25-11-19(18(22)26)16(12-3-5-13(20)6-4-12)17(19)27(23,24)15-9-7-14(21)8-10-15/h3-10,16-17H,2,11H2,1H3,(H2,22,26)/t16-,17-,19+/m1/s1. The van der Waals surface area contributed by atoms with Crippen molar-refractivity contribution >= 4 is 54.6 Å². The van der Waals surface area contributed by atoms with Crippen LogP contribution in [0.5, 0.6) is 0 Å². The van der Waals surface area contributed by atoms with Crippen molar-refractivity contribution in [2.45, 2.75) is 23.0 Å². The van der Waals surface area contributed by atoms with Crippen molar-refractivity contribution in [3.8, 4) is 0 Å². The van der Waals surface area contributed by atoms with Gasteiger partial charge in [0.2, 0.25) is 0 Å². The van der Waals surface area contributed by atoms with Gasteiger partial charge in [-0.2, -0.15) is 0 Å². The Balaban J connectivity index is 2.10. The summed E-state index contributed by atoms with van der Waals surface area (Å²) in [4.78, 5) is 0.361. The molecule has 2 N–H and O–H groups in total. The first-order chi connectivity index (χ1) is 12.7. The Bertz CT molecular complexity index is 948. The van der Waals surface area contributed by atoms with E-state index in [1.807, 2.05) is 31.2 Å². The molecule has 2 aromatic rings. The molecule has 0 aliphatic heterocycles. The fraction of sp³-hybridized carbons (Fsp3) is 0.316. The van der Waals surface area contributed by atoms with Crippen LogP contribution in [0.4, 0.5) is 0 Å². The van der Waals surface area contributed by atoms with E-state index in [0.717, 1.165) is 10.0 Å². The minimum absolute atomic E-state index is 0.159. The first-order valence-electron chi connectivity index (χ1n) is 8.37. The van der Waals surface area contributed by atoms with E-state index >= 15 is 0 Å². The first-order valence-corrected chi connectivity index (χ1v) is 11.5. The molecular formula is C19H19BrClNO3S2. The Kier molecular flexibility index (Phi) is 5.99. The van der Waals surface area contributed by atoms with Crippen LogP contribution >= 0.6 is 39.7 Å². The summed E-state index contributed by atoms with van der Waals surface area (Å²) in [5, 5.41) is -0.305. The second kappa shape index (κ2) is 7.79. The highest BCUT2D eigenvalue weighted by atomic mass is 79.9. The molecule has 1 aliphatic rings. The van der Waals surface area contributed by atoms with Crippen LogP contribution in [0.25, 0.3) is 0 Å². The number of halogens is 2. The van der Waals surface area contributed by atoms with Crippen LogP contribution in [0, 0.1) is 5.41 Å². The summed E-state index contributed by atoms with van der Waals surface area (Å²) in [6, 6.07) is 13.7. The van der Waals surface area contributed by atoms with E-state index in [1.165, 1.54) is 12.1 Å². The predicted molar refractivity (Wildman–Crippen MR) is 115 cm³/mol. The number of hydrogen-bond acceptors (Lipinski definition) is 4. The number of sulfone groups is 1. The summed E-state index contributed by atoms with van der Waals surface area (Å²) in [7, 11) is -3.69. The molecule has 3 rings (SSSR count). The van der Waals surface area contributed by atoms with Gasteiger partial charge in [-0.3, -0.25) is 0 Å². The highest BCUT2D eigenvalue weighted by Gasteiger charge is 2.73. The molecule has 8 heteroatoms. The molecule has 0 spiro atoms. The zero-order valence-corrected chi connectivity index (χ0v) is 18.5. The molecule has 1 fully saturated rings. The first kappa shape index (κ1) is 20.7. The molecule has 0 saturated heterocycles. The molecule has 0 bridgehead atoms. The third kappa shape index (κ3) is 3.68. The van der Waals surface area contributed by atoms with Crippen molar-refractivity contribution in [1.29, 1.82) is 0 Å². The third-order valence-corrected chi connectivity index (χ3v) is 8.42. The van der Waals surface area contributed by atoms with Crippen LogP contribution in [0.3, 0.4) is 0 Å². The van der Waals surface area contributed by atoms with Gasteiger partial charge in [-0.1, -0.05) is 51.9 Å². The SMILES string of the molecule is CCOC[C@]1(C(N)=S)[C@H](c2ccc(Br)cc2)[C@H]1S(=O)(=O)c1ccc(Cl)cc1. The van der Waals surface area contributed by atoms with Gasteiger partial charge in [-0.15, -0.1) is 0 Å². The van der Waals surface area contributed by atoms with Crippen LogP contribution in [0.15, 0.2) is 57.9 Å². The summed E-state index contributed by atoms with van der Waals surface area (Å²) in [5.41, 5.74) is 6.01.